The third-order valence-electron chi connectivity index (χ3n) is 5.35. The van der Waals surface area contributed by atoms with E-state index >= 15 is 0 Å². The first-order chi connectivity index (χ1) is 16.3. The van der Waals surface area contributed by atoms with Crippen LogP contribution in [0, 0.1) is 16.0 Å². The van der Waals surface area contributed by atoms with Crippen LogP contribution >= 0.6 is 0 Å². The molecule has 1 atom stereocenters. The molecule has 178 valence electrons. The number of nitro benzene ring substituents is 1. The Morgan fingerprint density at radius 1 is 1.03 bits per heavy atom. The van der Waals surface area contributed by atoms with Crippen LogP contribution in [-0.2, 0) is 19.1 Å². The molecule has 10 nitrogen and oxygen atoms in total. The summed E-state index contributed by atoms with van der Waals surface area (Å²) in [7, 11) is 0. The van der Waals surface area contributed by atoms with Crippen molar-refractivity contribution in [3.05, 3.63) is 69.8 Å². The van der Waals surface area contributed by atoms with Gasteiger partial charge in [0.15, 0.2) is 12.4 Å². The van der Waals surface area contributed by atoms with Gasteiger partial charge in [-0.2, -0.15) is 0 Å². The van der Waals surface area contributed by atoms with Gasteiger partial charge in [-0.1, -0.05) is 13.3 Å². The van der Waals surface area contributed by atoms with Gasteiger partial charge in [0.25, 0.3) is 5.69 Å². The van der Waals surface area contributed by atoms with Crippen molar-refractivity contribution in [3.63, 3.8) is 0 Å². The number of hydrogen-bond acceptors (Lipinski definition) is 8. The molecular formula is C24H24N2O8. The molecular weight excluding hydrogens is 444 g/mol. The average Bonchev–Trinajstić information content (AvgIpc) is 3.24. The number of hydrogen-bond donors (Lipinski definition) is 0. The molecule has 0 saturated carbocycles. The predicted octanol–water partition coefficient (Wildman–Crippen LogP) is 3.33. The molecule has 0 bridgehead atoms. The molecule has 0 aromatic heterocycles. The monoisotopic (exact) mass is 468 g/mol. The van der Waals surface area contributed by atoms with Gasteiger partial charge >= 0.3 is 11.9 Å². The number of benzene rings is 2. The van der Waals surface area contributed by atoms with Gasteiger partial charge < -0.3 is 14.4 Å². The fraction of sp³-hybridized carbons (Fsp3) is 0.333. The molecule has 1 fully saturated rings. The maximum Gasteiger partial charge on any atom is 0.338 e. The Morgan fingerprint density at radius 2 is 1.68 bits per heavy atom. The van der Waals surface area contributed by atoms with Crippen molar-refractivity contribution in [1.29, 1.82) is 0 Å². The number of unbranched alkanes of at least 4 members (excludes halogenated alkanes) is 1. The van der Waals surface area contributed by atoms with Crippen molar-refractivity contribution in [2.45, 2.75) is 26.2 Å². The second-order valence-corrected chi connectivity index (χ2v) is 7.78. The molecule has 0 radical (unpaired) electrons. The second-order valence-electron chi connectivity index (χ2n) is 7.78. The van der Waals surface area contributed by atoms with Crippen molar-refractivity contribution >= 4 is 35.0 Å². The van der Waals surface area contributed by atoms with Crippen LogP contribution < -0.4 is 4.90 Å². The number of nitro groups is 1. The Hall–Kier alpha value is -4.08. The van der Waals surface area contributed by atoms with Crippen LogP contribution in [0.15, 0.2) is 48.5 Å². The van der Waals surface area contributed by atoms with Gasteiger partial charge in [-0.25, -0.2) is 4.79 Å². The molecule has 0 spiro atoms. The number of carbonyl (C=O) groups is 4. The number of amides is 1. The van der Waals surface area contributed by atoms with Crippen molar-refractivity contribution in [1.82, 2.24) is 0 Å². The van der Waals surface area contributed by atoms with Gasteiger partial charge in [0.05, 0.1) is 23.0 Å². The normalized spacial score (nSPS) is 15.1. The zero-order valence-corrected chi connectivity index (χ0v) is 18.6. The summed E-state index contributed by atoms with van der Waals surface area (Å²) < 4.78 is 10.2. The van der Waals surface area contributed by atoms with E-state index in [1.807, 2.05) is 6.92 Å². The van der Waals surface area contributed by atoms with Crippen LogP contribution in [0.4, 0.5) is 11.4 Å². The maximum absolute atomic E-state index is 12.4. The molecule has 1 amide bonds. The first-order valence-corrected chi connectivity index (χ1v) is 10.8. The summed E-state index contributed by atoms with van der Waals surface area (Å²) in [6.45, 7) is 1.90. The van der Waals surface area contributed by atoms with E-state index in [0.717, 1.165) is 12.8 Å². The molecule has 0 unspecified atom stereocenters. The van der Waals surface area contributed by atoms with E-state index in [-0.39, 0.29) is 30.1 Å². The number of Topliss-reactive ketones (excluding diaryl/α,β-unsaturated/α-hetero) is 1. The number of nitrogens with zero attached hydrogens (tertiary/aromatic N) is 2. The van der Waals surface area contributed by atoms with Crippen LogP contribution in [0.1, 0.15) is 46.9 Å². The van der Waals surface area contributed by atoms with Crippen molar-refractivity contribution in [2.24, 2.45) is 5.92 Å². The van der Waals surface area contributed by atoms with Crippen molar-refractivity contribution < 1.29 is 33.6 Å². The Bertz CT molecular complexity index is 1080. The number of rotatable bonds is 10. The van der Waals surface area contributed by atoms with E-state index in [4.69, 9.17) is 9.47 Å². The third kappa shape index (κ3) is 6.03. The zero-order chi connectivity index (χ0) is 24.7. The zero-order valence-electron chi connectivity index (χ0n) is 18.6. The second kappa shape index (κ2) is 11.2. The average molecular weight is 468 g/mol. The SMILES string of the molecule is CCCCOC(=O)c1ccc(N2C[C@@H](C(=O)OCC(=O)c3ccc([N+](=O)[O-])cc3)CC2=O)cc1. The Kier molecular flexibility index (Phi) is 8.07. The van der Waals surface area contributed by atoms with Crippen LogP contribution in [0.25, 0.3) is 0 Å². The summed E-state index contributed by atoms with van der Waals surface area (Å²) in [5.41, 5.74) is 0.926. The highest BCUT2D eigenvalue weighted by molar-refractivity contribution is 6.01. The summed E-state index contributed by atoms with van der Waals surface area (Å²) >= 11 is 0. The molecule has 2 aromatic carbocycles. The molecule has 2 aromatic rings. The van der Waals surface area contributed by atoms with Crippen LogP contribution in [0.2, 0.25) is 0 Å². The molecule has 1 aliphatic rings. The fourth-order valence-corrected chi connectivity index (χ4v) is 3.39. The van der Waals surface area contributed by atoms with E-state index < -0.39 is 35.2 Å². The van der Waals surface area contributed by atoms with Gasteiger partial charge in [0.2, 0.25) is 5.91 Å². The first-order valence-electron chi connectivity index (χ1n) is 10.8. The van der Waals surface area contributed by atoms with Gasteiger partial charge in [-0.3, -0.25) is 24.5 Å². The topological polar surface area (TPSA) is 133 Å². The molecule has 0 N–H and O–H groups in total. The van der Waals surface area contributed by atoms with E-state index in [0.29, 0.717) is 17.9 Å². The Balaban J connectivity index is 1.53. The van der Waals surface area contributed by atoms with E-state index in [9.17, 15) is 29.3 Å². The molecule has 1 aliphatic heterocycles. The molecule has 3 rings (SSSR count). The highest BCUT2D eigenvalue weighted by atomic mass is 16.6. The molecule has 1 saturated heterocycles. The first kappa shape index (κ1) is 24.6. The molecule has 10 heteroatoms. The quantitative estimate of drug-likeness (QED) is 0.170. The Labute approximate surface area is 195 Å². The van der Waals surface area contributed by atoms with Gasteiger partial charge in [0.1, 0.15) is 0 Å². The lowest BCUT2D eigenvalue weighted by Gasteiger charge is -2.17. The van der Waals surface area contributed by atoms with Crippen LogP contribution in [0.5, 0.6) is 0 Å². The Morgan fingerprint density at radius 3 is 2.29 bits per heavy atom. The van der Waals surface area contributed by atoms with Crippen LogP contribution in [-0.4, -0.2) is 48.3 Å². The van der Waals surface area contributed by atoms with Gasteiger partial charge in [-0.05, 0) is 42.8 Å². The predicted molar refractivity (Wildman–Crippen MR) is 120 cm³/mol. The largest absolute Gasteiger partial charge is 0.462 e. The van der Waals surface area contributed by atoms with E-state index in [1.165, 1.54) is 29.2 Å². The molecule has 0 aliphatic carbocycles. The minimum absolute atomic E-state index is 0.0641. The lowest BCUT2D eigenvalue weighted by atomic mass is 10.1. The number of non-ortho nitro benzene ring substituents is 1. The molecule has 1 heterocycles. The van der Waals surface area contributed by atoms with E-state index in [2.05, 4.69) is 0 Å². The maximum atomic E-state index is 12.4. The highest BCUT2D eigenvalue weighted by Crippen LogP contribution is 2.26. The lowest BCUT2D eigenvalue weighted by Crippen LogP contribution is -2.27. The summed E-state index contributed by atoms with van der Waals surface area (Å²) in [5, 5.41) is 10.7. The number of carbonyl (C=O) groups excluding carboxylic acids is 4. The summed E-state index contributed by atoms with van der Waals surface area (Å²) in [6.07, 6.45) is 1.63. The highest BCUT2D eigenvalue weighted by Gasteiger charge is 2.36. The number of anilines is 1. The minimum Gasteiger partial charge on any atom is -0.462 e. The van der Waals surface area contributed by atoms with Gasteiger partial charge in [-0.15, -0.1) is 0 Å². The number of esters is 2. The smallest absolute Gasteiger partial charge is 0.338 e. The minimum atomic E-state index is -0.740. The molecule has 34 heavy (non-hydrogen) atoms. The summed E-state index contributed by atoms with van der Waals surface area (Å²) in [5.74, 6) is -2.64. The van der Waals surface area contributed by atoms with E-state index in [1.54, 1.807) is 24.3 Å². The number of ketones is 1. The standard InChI is InChI=1S/C24H24N2O8/c1-2-3-12-33-23(29)17-6-8-19(9-7-17)25-14-18(13-22(25)28)24(30)34-15-21(27)16-4-10-20(11-5-16)26(31)32/h4-11,18H,2-3,12-15H2,1H3/t18-/m0/s1. The summed E-state index contributed by atoms with van der Waals surface area (Å²) in [6, 6.07) is 11.3. The van der Waals surface area contributed by atoms with Crippen molar-refractivity contribution in [3.8, 4) is 0 Å². The van der Waals surface area contributed by atoms with Crippen LogP contribution in [0.3, 0.4) is 0 Å². The lowest BCUT2D eigenvalue weighted by molar-refractivity contribution is -0.384. The number of ether oxygens (including phenoxy) is 2. The summed E-state index contributed by atoms with van der Waals surface area (Å²) in [4.78, 5) is 60.6. The third-order valence-corrected chi connectivity index (χ3v) is 5.35. The van der Waals surface area contributed by atoms with Gasteiger partial charge in [0, 0.05) is 36.3 Å². The van der Waals surface area contributed by atoms with Crippen molar-refractivity contribution in [2.75, 3.05) is 24.7 Å². The fourth-order valence-electron chi connectivity index (χ4n) is 3.39.